The lowest BCUT2D eigenvalue weighted by molar-refractivity contribution is 0.117. The predicted octanol–water partition coefficient (Wildman–Crippen LogP) is 3.98. The van der Waals surface area contributed by atoms with Gasteiger partial charge in [0.05, 0.1) is 6.61 Å². The first-order valence-electron chi connectivity index (χ1n) is 6.24. The van der Waals surface area contributed by atoms with Gasteiger partial charge in [0.25, 0.3) is 0 Å². The molecule has 0 N–H and O–H groups in total. The maximum atomic E-state index is 5.71. The zero-order valence-corrected chi connectivity index (χ0v) is 10.8. The molecule has 0 aliphatic heterocycles. The highest BCUT2D eigenvalue weighted by atomic mass is 16.5. The topological polar surface area (TPSA) is 9.23 Å². The largest absolute Gasteiger partial charge is 0.357 e. The molecule has 0 saturated carbocycles. The molecule has 0 amide bonds. The van der Waals surface area contributed by atoms with E-state index in [-0.39, 0.29) is 6.10 Å². The molecule has 1 unspecified atom stereocenters. The highest BCUT2D eigenvalue weighted by Gasteiger charge is 2.06. The first kappa shape index (κ1) is 13.1. The predicted molar refractivity (Wildman–Crippen MR) is 78.7 cm³/mol. The van der Waals surface area contributed by atoms with E-state index in [4.69, 9.17) is 4.74 Å². The van der Waals surface area contributed by atoms with Crippen molar-refractivity contribution in [2.75, 3.05) is 6.61 Å². The Morgan fingerprint density at radius 3 is 2.26 bits per heavy atom. The molecule has 1 atom stereocenters. The smallest absolute Gasteiger partial charge is 0.144 e. The van der Waals surface area contributed by atoms with Crippen LogP contribution >= 0.6 is 0 Å². The molecular formula is C18H16O. The lowest BCUT2D eigenvalue weighted by Crippen LogP contribution is -2.02. The highest BCUT2D eigenvalue weighted by molar-refractivity contribution is 5.36. The molecule has 0 heterocycles. The van der Waals surface area contributed by atoms with Gasteiger partial charge in [-0.1, -0.05) is 66.4 Å². The van der Waals surface area contributed by atoms with Crippen molar-refractivity contribution < 1.29 is 4.74 Å². The van der Waals surface area contributed by atoms with Crippen LogP contribution in [-0.2, 0) is 4.74 Å². The zero-order valence-electron chi connectivity index (χ0n) is 10.8. The fraction of sp³-hybridized carbons (Fsp3) is 0.111. The molecule has 0 spiro atoms. The van der Waals surface area contributed by atoms with Crippen LogP contribution in [0.2, 0.25) is 0 Å². The summed E-state index contributed by atoms with van der Waals surface area (Å²) in [5.41, 5.74) is 2.05. The van der Waals surface area contributed by atoms with E-state index in [2.05, 4.69) is 18.4 Å². The third-order valence-electron chi connectivity index (χ3n) is 2.60. The van der Waals surface area contributed by atoms with Crippen LogP contribution in [0, 0.1) is 11.8 Å². The van der Waals surface area contributed by atoms with Crippen LogP contribution in [0.15, 0.2) is 73.3 Å². The Labute approximate surface area is 114 Å². The second-order valence-corrected chi connectivity index (χ2v) is 4.05. The number of hydrogen-bond acceptors (Lipinski definition) is 1. The summed E-state index contributed by atoms with van der Waals surface area (Å²) in [4.78, 5) is 0. The van der Waals surface area contributed by atoms with E-state index in [1.807, 2.05) is 60.7 Å². The summed E-state index contributed by atoms with van der Waals surface area (Å²) in [6.45, 7) is 4.16. The Balaban J connectivity index is 2.20. The molecule has 0 aliphatic carbocycles. The van der Waals surface area contributed by atoms with Crippen molar-refractivity contribution in [1.29, 1.82) is 0 Å². The van der Waals surface area contributed by atoms with Crippen molar-refractivity contribution in [3.63, 3.8) is 0 Å². The molecule has 1 nitrogen and oxygen atoms in total. The van der Waals surface area contributed by atoms with Crippen LogP contribution in [-0.4, -0.2) is 6.61 Å². The average Bonchev–Trinajstić information content (AvgIpc) is 2.49. The SMILES string of the molecule is C=CCOC(C#Cc1ccccc1)c1ccccc1. The normalized spacial score (nSPS) is 11.2. The summed E-state index contributed by atoms with van der Waals surface area (Å²) < 4.78 is 5.71. The fourth-order valence-corrected chi connectivity index (χ4v) is 1.68. The first-order chi connectivity index (χ1) is 9.40. The van der Waals surface area contributed by atoms with Crippen LogP contribution in [0.25, 0.3) is 0 Å². The summed E-state index contributed by atoms with van der Waals surface area (Å²) in [5, 5.41) is 0. The summed E-state index contributed by atoms with van der Waals surface area (Å²) in [6, 6.07) is 19.9. The van der Waals surface area contributed by atoms with Gasteiger partial charge in [0.15, 0.2) is 0 Å². The van der Waals surface area contributed by atoms with Crippen molar-refractivity contribution >= 4 is 0 Å². The second-order valence-electron chi connectivity index (χ2n) is 4.05. The molecule has 2 rings (SSSR count). The molecule has 0 saturated heterocycles. The lowest BCUT2D eigenvalue weighted by Gasteiger charge is -2.10. The minimum atomic E-state index is -0.223. The summed E-state index contributed by atoms with van der Waals surface area (Å²) >= 11 is 0. The number of ether oxygens (including phenoxy) is 1. The van der Waals surface area contributed by atoms with E-state index < -0.39 is 0 Å². The van der Waals surface area contributed by atoms with E-state index in [1.54, 1.807) is 6.08 Å². The molecule has 2 aromatic rings. The van der Waals surface area contributed by atoms with Crippen molar-refractivity contribution in [1.82, 2.24) is 0 Å². The van der Waals surface area contributed by atoms with Gasteiger partial charge in [-0.15, -0.1) is 6.58 Å². The quantitative estimate of drug-likeness (QED) is 0.587. The van der Waals surface area contributed by atoms with Gasteiger partial charge in [-0.25, -0.2) is 0 Å². The Hall–Kier alpha value is -2.30. The maximum Gasteiger partial charge on any atom is 0.144 e. The monoisotopic (exact) mass is 248 g/mol. The van der Waals surface area contributed by atoms with Crippen molar-refractivity contribution in [2.45, 2.75) is 6.10 Å². The molecule has 0 fully saturated rings. The van der Waals surface area contributed by atoms with Gasteiger partial charge in [-0.3, -0.25) is 0 Å². The molecular weight excluding hydrogens is 232 g/mol. The minimum Gasteiger partial charge on any atom is -0.357 e. The lowest BCUT2D eigenvalue weighted by atomic mass is 10.1. The zero-order chi connectivity index (χ0) is 13.3. The maximum absolute atomic E-state index is 5.71. The molecule has 1 heteroatoms. The van der Waals surface area contributed by atoms with Gasteiger partial charge in [0, 0.05) is 5.56 Å². The van der Waals surface area contributed by atoms with Gasteiger partial charge < -0.3 is 4.74 Å². The van der Waals surface area contributed by atoms with Gasteiger partial charge in [-0.05, 0) is 17.7 Å². The molecule has 19 heavy (non-hydrogen) atoms. The van der Waals surface area contributed by atoms with Crippen LogP contribution in [0.3, 0.4) is 0 Å². The Morgan fingerprint density at radius 2 is 1.63 bits per heavy atom. The van der Waals surface area contributed by atoms with Crippen molar-refractivity contribution in [3.8, 4) is 11.8 Å². The third kappa shape index (κ3) is 4.13. The van der Waals surface area contributed by atoms with E-state index in [0.29, 0.717) is 6.61 Å². The van der Waals surface area contributed by atoms with E-state index >= 15 is 0 Å². The van der Waals surface area contributed by atoms with E-state index in [9.17, 15) is 0 Å². The number of hydrogen-bond donors (Lipinski definition) is 0. The van der Waals surface area contributed by atoms with Crippen LogP contribution < -0.4 is 0 Å². The Kier molecular flexibility index (Phi) is 4.98. The first-order valence-corrected chi connectivity index (χ1v) is 6.24. The van der Waals surface area contributed by atoms with E-state index in [0.717, 1.165) is 11.1 Å². The van der Waals surface area contributed by atoms with Gasteiger partial charge in [0.2, 0.25) is 0 Å². The summed E-state index contributed by atoms with van der Waals surface area (Å²) in [7, 11) is 0. The van der Waals surface area contributed by atoms with Gasteiger partial charge in [0.1, 0.15) is 6.10 Å². The fourth-order valence-electron chi connectivity index (χ4n) is 1.68. The van der Waals surface area contributed by atoms with Crippen molar-refractivity contribution in [3.05, 3.63) is 84.4 Å². The van der Waals surface area contributed by atoms with Crippen LogP contribution in [0.5, 0.6) is 0 Å². The second kappa shape index (κ2) is 7.20. The van der Waals surface area contributed by atoms with Crippen molar-refractivity contribution in [2.24, 2.45) is 0 Å². The van der Waals surface area contributed by atoms with Gasteiger partial charge >= 0.3 is 0 Å². The molecule has 0 aliphatic rings. The minimum absolute atomic E-state index is 0.223. The third-order valence-corrected chi connectivity index (χ3v) is 2.60. The number of benzene rings is 2. The van der Waals surface area contributed by atoms with E-state index in [1.165, 1.54) is 0 Å². The Bertz CT molecular complexity index is 561. The van der Waals surface area contributed by atoms with Crippen LogP contribution in [0.1, 0.15) is 17.2 Å². The van der Waals surface area contributed by atoms with Gasteiger partial charge in [-0.2, -0.15) is 0 Å². The number of rotatable bonds is 4. The molecule has 0 bridgehead atoms. The molecule has 94 valence electrons. The standard InChI is InChI=1S/C18H16O/c1-2-15-19-18(17-11-7-4-8-12-17)14-13-16-9-5-3-6-10-16/h2-12,18H,1,15H2. The summed E-state index contributed by atoms with van der Waals surface area (Å²) in [6.07, 6.45) is 1.51. The summed E-state index contributed by atoms with van der Waals surface area (Å²) in [5.74, 6) is 6.31. The molecule has 0 radical (unpaired) electrons. The molecule has 2 aromatic carbocycles. The van der Waals surface area contributed by atoms with Crippen LogP contribution in [0.4, 0.5) is 0 Å². The highest BCUT2D eigenvalue weighted by Crippen LogP contribution is 2.16. The molecule has 0 aromatic heterocycles. The Morgan fingerprint density at radius 1 is 1.00 bits per heavy atom. The average molecular weight is 248 g/mol.